The number of aryl methyl sites for hydroxylation is 1. The summed E-state index contributed by atoms with van der Waals surface area (Å²) in [5.74, 6) is 0.931. The van der Waals surface area contributed by atoms with Gasteiger partial charge in [-0.25, -0.2) is 0 Å². The van der Waals surface area contributed by atoms with Gasteiger partial charge in [0.25, 0.3) is 0 Å². The Morgan fingerprint density at radius 3 is 2.50 bits per heavy atom. The van der Waals surface area contributed by atoms with Gasteiger partial charge in [-0.1, -0.05) is 28.9 Å². The molecule has 0 atom stereocenters. The fourth-order valence-electron chi connectivity index (χ4n) is 3.02. The molecule has 1 fully saturated rings. The molecular formula is C19H24ClN5O3. The van der Waals surface area contributed by atoms with Gasteiger partial charge < -0.3 is 20.1 Å². The lowest BCUT2D eigenvalue weighted by Crippen LogP contribution is -2.49. The van der Waals surface area contributed by atoms with Crippen LogP contribution in [0.15, 0.2) is 34.9 Å². The standard InChI is InChI=1S/C19H24ClN5O3/c1-14-12-17(23-28-14)22-18(26)6-7-24-8-10-25(11-9-24)13-19(27)21-16-5-3-2-4-15(16)20/h2-5,12H,6-11,13H2,1H3,(H,21,27)(H,22,23,26). The van der Waals surface area contributed by atoms with Gasteiger partial charge in [-0.15, -0.1) is 0 Å². The zero-order valence-corrected chi connectivity index (χ0v) is 16.5. The summed E-state index contributed by atoms with van der Waals surface area (Å²) in [6, 6.07) is 8.87. The number of rotatable bonds is 7. The first-order chi connectivity index (χ1) is 13.5. The highest BCUT2D eigenvalue weighted by atomic mass is 35.5. The molecule has 2 aromatic rings. The molecule has 150 valence electrons. The highest BCUT2D eigenvalue weighted by Gasteiger charge is 2.20. The number of carbonyl (C=O) groups is 2. The van der Waals surface area contributed by atoms with E-state index >= 15 is 0 Å². The molecule has 0 spiro atoms. The van der Waals surface area contributed by atoms with Crippen molar-refractivity contribution in [3.8, 4) is 0 Å². The summed E-state index contributed by atoms with van der Waals surface area (Å²) >= 11 is 6.07. The minimum absolute atomic E-state index is 0.0798. The van der Waals surface area contributed by atoms with E-state index < -0.39 is 0 Å². The molecule has 2 N–H and O–H groups in total. The van der Waals surface area contributed by atoms with Crippen LogP contribution in [0.4, 0.5) is 11.5 Å². The fraction of sp³-hybridized carbons (Fsp3) is 0.421. The molecule has 0 radical (unpaired) electrons. The Morgan fingerprint density at radius 1 is 1.11 bits per heavy atom. The third-order valence-electron chi connectivity index (χ3n) is 4.53. The Balaban J connectivity index is 1.34. The SMILES string of the molecule is Cc1cc(NC(=O)CCN2CCN(CC(=O)Nc3ccccc3Cl)CC2)no1. The molecule has 3 rings (SSSR count). The molecule has 1 aromatic carbocycles. The summed E-state index contributed by atoms with van der Waals surface area (Å²) in [5.41, 5.74) is 0.626. The molecule has 1 saturated heterocycles. The number of benzene rings is 1. The molecule has 0 unspecified atom stereocenters. The summed E-state index contributed by atoms with van der Waals surface area (Å²) in [4.78, 5) is 28.5. The molecule has 2 amide bonds. The zero-order chi connectivity index (χ0) is 19.9. The fourth-order valence-corrected chi connectivity index (χ4v) is 3.20. The predicted octanol–water partition coefficient (Wildman–Crippen LogP) is 2.22. The maximum Gasteiger partial charge on any atom is 0.238 e. The highest BCUT2D eigenvalue weighted by molar-refractivity contribution is 6.33. The van der Waals surface area contributed by atoms with Crippen LogP contribution in [-0.4, -0.2) is 66.0 Å². The lowest BCUT2D eigenvalue weighted by molar-refractivity contribution is -0.117. The van der Waals surface area contributed by atoms with Crippen LogP contribution >= 0.6 is 11.6 Å². The number of para-hydroxylation sites is 1. The maximum atomic E-state index is 12.2. The Hall–Kier alpha value is -2.42. The molecule has 2 heterocycles. The van der Waals surface area contributed by atoms with Crippen molar-refractivity contribution < 1.29 is 14.1 Å². The zero-order valence-electron chi connectivity index (χ0n) is 15.8. The van der Waals surface area contributed by atoms with Crippen molar-refractivity contribution in [2.75, 3.05) is 49.9 Å². The van der Waals surface area contributed by atoms with Crippen molar-refractivity contribution in [2.45, 2.75) is 13.3 Å². The van der Waals surface area contributed by atoms with Crippen molar-refractivity contribution in [1.82, 2.24) is 15.0 Å². The third-order valence-corrected chi connectivity index (χ3v) is 4.86. The number of amides is 2. The van der Waals surface area contributed by atoms with E-state index in [4.69, 9.17) is 16.1 Å². The van der Waals surface area contributed by atoms with Crippen LogP contribution in [0.3, 0.4) is 0 Å². The van der Waals surface area contributed by atoms with Gasteiger partial charge in [-0.2, -0.15) is 0 Å². The monoisotopic (exact) mass is 405 g/mol. The van der Waals surface area contributed by atoms with Gasteiger partial charge in [0.2, 0.25) is 11.8 Å². The first-order valence-corrected chi connectivity index (χ1v) is 9.59. The van der Waals surface area contributed by atoms with Crippen LogP contribution in [-0.2, 0) is 9.59 Å². The molecule has 0 saturated carbocycles. The Labute approximate surface area is 168 Å². The minimum Gasteiger partial charge on any atom is -0.360 e. The Bertz CT molecular complexity index is 817. The summed E-state index contributed by atoms with van der Waals surface area (Å²) in [5, 5.41) is 9.84. The van der Waals surface area contributed by atoms with E-state index in [0.717, 1.165) is 26.2 Å². The van der Waals surface area contributed by atoms with Crippen molar-refractivity contribution in [2.24, 2.45) is 0 Å². The Kier molecular flexibility index (Phi) is 7.02. The number of carbonyl (C=O) groups excluding carboxylic acids is 2. The average molecular weight is 406 g/mol. The van der Waals surface area contributed by atoms with Gasteiger partial charge in [0.05, 0.1) is 17.3 Å². The van der Waals surface area contributed by atoms with Crippen LogP contribution < -0.4 is 10.6 Å². The van der Waals surface area contributed by atoms with Gasteiger partial charge in [0.15, 0.2) is 5.82 Å². The molecule has 0 aliphatic carbocycles. The number of aromatic nitrogens is 1. The van der Waals surface area contributed by atoms with Crippen LogP contribution in [0.25, 0.3) is 0 Å². The number of nitrogens with zero attached hydrogens (tertiary/aromatic N) is 3. The number of piperazine rings is 1. The second kappa shape index (κ2) is 9.68. The lowest BCUT2D eigenvalue weighted by atomic mass is 10.2. The summed E-state index contributed by atoms with van der Waals surface area (Å²) in [6.07, 6.45) is 0.388. The molecule has 8 nitrogen and oxygen atoms in total. The van der Waals surface area contributed by atoms with E-state index in [1.807, 2.05) is 12.1 Å². The van der Waals surface area contributed by atoms with E-state index in [9.17, 15) is 9.59 Å². The number of hydrogen-bond acceptors (Lipinski definition) is 6. The second-order valence-corrected chi connectivity index (χ2v) is 7.17. The van der Waals surface area contributed by atoms with Crippen LogP contribution in [0.1, 0.15) is 12.2 Å². The van der Waals surface area contributed by atoms with Crippen LogP contribution in [0.2, 0.25) is 5.02 Å². The predicted molar refractivity (Wildman–Crippen MR) is 107 cm³/mol. The minimum atomic E-state index is -0.0881. The molecular weight excluding hydrogens is 382 g/mol. The highest BCUT2D eigenvalue weighted by Crippen LogP contribution is 2.20. The second-order valence-electron chi connectivity index (χ2n) is 6.77. The van der Waals surface area contributed by atoms with E-state index in [0.29, 0.717) is 41.8 Å². The number of nitrogens with one attached hydrogen (secondary N) is 2. The molecule has 9 heteroatoms. The van der Waals surface area contributed by atoms with Gasteiger partial charge in [-0.05, 0) is 19.1 Å². The van der Waals surface area contributed by atoms with Crippen LogP contribution in [0.5, 0.6) is 0 Å². The van der Waals surface area contributed by atoms with E-state index in [-0.39, 0.29) is 11.8 Å². The van der Waals surface area contributed by atoms with Crippen LogP contribution in [0, 0.1) is 6.92 Å². The van der Waals surface area contributed by atoms with Crippen molar-refractivity contribution in [3.63, 3.8) is 0 Å². The van der Waals surface area contributed by atoms with E-state index in [1.165, 1.54) is 0 Å². The quantitative estimate of drug-likeness (QED) is 0.734. The van der Waals surface area contributed by atoms with Gasteiger partial charge >= 0.3 is 0 Å². The molecule has 0 bridgehead atoms. The normalized spacial score (nSPS) is 15.4. The molecule has 1 aliphatic rings. The summed E-state index contributed by atoms with van der Waals surface area (Å²) in [7, 11) is 0. The largest absolute Gasteiger partial charge is 0.360 e. The number of halogens is 1. The summed E-state index contributed by atoms with van der Waals surface area (Å²) in [6.45, 7) is 5.95. The topological polar surface area (TPSA) is 90.7 Å². The molecule has 1 aliphatic heterocycles. The first kappa shape index (κ1) is 20.3. The van der Waals surface area contributed by atoms with Crippen molar-refractivity contribution in [3.05, 3.63) is 41.1 Å². The van der Waals surface area contributed by atoms with Gasteiger partial charge in [-0.3, -0.25) is 14.5 Å². The Morgan fingerprint density at radius 2 is 1.82 bits per heavy atom. The van der Waals surface area contributed by atoms with Gasteiger partial charge in [0.1, 0.15) is 5.76 Å². The van der Waals surface area contributed by atoms with E-state index in [1.54, 1.807) is 25.1 Å². The summed E-state index contributed by atoms with van der Waals surface area (Å²) < 4.78 is 4.93. The molecule has 1 aromatic heterocycles. The molecule has 28 heavy (non-hydrogen) atoms. The number of anilines is 2. The smallest absolute Gasteiger partial charge is 0.238 e. The number of hydrogen-bond donors (Lipinski definition) is 2. The van der Waals surface area contributed by atoms with Crippen molar-refractivity contribution >= 4 is 34.9 Å². The lowest BCUT2D eigenvalue weighted by Gasteiger charge is -2.34. The van der Waals surface area contributed by atoms with Gasteiger partial charge in [0, 0.05) is 45.2 Å². The first-order valence-electron chi connectivity index (χ1n) is 9.22. The average Bonchev–Trinajstić information content (AvgIpc) is 3.07. The van der Waals surface area contributed by atoms with E-state index in [2.05, 4.69) is 25.6 Å². The maximum absolute atomic E-state index is 12.2. The third kappa shape index (κ3) is 6.05. The van der Waals surface area contributed by atoms with Crippen molar-refractivity contribution in [1.29, 1.82) is 0 Å².